The average Bonchev–Trinajstić information content (AvgIpc) is 3.01. The van der Waals surface area contributed by atoms with Crippen LogP contribution in [-0.4, -0.2) is 35.7 Å². The SMILES string of the molecule is CCC1(OC(=O)CCc2cc(C(C)(C)C)c(O)c(C(C)(C)C)c2)COC2(CC(c3ccccc3)SC(c3ccccc3)C2)OC1. The molecule has 2 fully saturated rings. The highest BCUT2D eigenvalue weighted by Crippen LogP contribution is 2.56. The molecule has 0 bridgehead atoms. The zero-order chi connectivity index (χ0) is 32.5. The molecule has 2 atom stereocenters. The first-order valence-corrected chi connectivity index (χ1v) is 17.3. The van der Waals surface area contributed by atoms with E-state index in [2.05, 4.69) is 90.1 Å². The molecule has 5 rings (SSSR count). The van der Waals surface area contributed by atoms with Crippen LogP contribution in [0.5, 0.6) is 5.75 Å². The molecule has 0 saturated carbocycles. The summed E-state index contributed by atoms with van der Waals surface area (Å²) in [4.78, 5) is 13.3. The van der Waals surface area contributed by atoms with Crippen LogP contribution in [0.2, 0.25) is 0 Å². The number of carbonyl (C=O) groups is 1. The van der Waals surface area contributed by atoms with Gasteiger partial charge in [-0.25, -0.2) is 0 Å². The third kappa shape index (κ3) is 7.78. The van der Waals surface area contributed by atoms with Crippen LogP contribution in [0.25, 0.3) is 0 Å². The molecule has 6 heteroatoms. The van der Waals surface area contributed by atoms with Crippen molar-refractivity contribution in [1.29, 1.82) is 0 Å². The maximum atomic E-state index is 13.3. The number of phenolic OH excluding ortho intramolecular Hbond substituents is 1. The van der Waals surface area contributed by atoms with Gasteiger partial charge >= 0.3 is 5.97 Å². The van der Waals surface area contributed by atoms with E-state index in [4.69, 9.17) is 14.2 Å². The van der Waals surface area contributed by atoms with Crippen molar-refractivity contribution in [2.45, 2.75) is 113 Å². The first-order chi connectivity index (χ1) is 21.2. The van der Waals surface area contributed by atoms with Gasteiger partial charge in [0, 0.05) is 29.8 Å². The smallest absolute Gasteiger partial charge is 0.306 e. The number of ether oxygens (including phenoxy) is 3. The Labute approximate surface area is 274 Å². The predicted octanol–water partition coefficient (Wildman–Crippen LogP) is 9.36. The Hall–Kier alpha value is -2.80. The summed E-state index contributed by atoms with van der Waals surface area (Å²) in [6.07, 6.45) is 2.87. The third-order valence-corrected chi connectivity index (χ3v) is 10.8. The van der Waals surface area contributed by atoms with E-state index in [9.17, 15) is 9.90 Å². The number of benzene rings is 3. The highest BCUT2D eigenvalue weighted by atomic mass is 32.2. The Bertz CT molecular complexity index is 1360. The van der Waals surface area contributed by atoms with Crippen molar-refractivity contribution in [1.82, 2.24) is 0 Å². The van der Waals surface area contributed by atoms with Gasteiger partial charge in [-0.2, -0.15) is 0 Å². The maximum absolute atomic E-state index is 13.3. The summed E-state index contributed by atoms with van der Waals surface area (Å²) in [5.41, 5.74) is 4.09. The van der Waals surface area contributed by atoms with E-state index >= 15 is 0 Å². The van der Waals surface area contributed by atoms with E-state index in [-0.39, 0.29) is 33.7 Å². The van der Waals surface area contributed by atoms with Gasteiger partial charge in [0.15, 0.2) is 11.4 Å². The Morgan fingerprint density at radius 2 is 1.31 bits per heavy atom. The Kier molecular flexibility index (Phi) is 9.79. The van der Waals surface area contributed by atoms with Gasteiger partial charge in [0.1, 0.15) is 5.75 Å². The van der Waals surface area contributed by atoms with Crippen molar-refractivity contribution in [3.63, 3.8) is 0 Å². The second-order valence-corrected chi connectivity index (χ2v) is 16.3. The number of thioether (sulfide) groups is 1. The molecule has 0 aliphatic carbocycles. The summed E-state index contributed by atoms with van der Waals surface area (Å²) in [5.74, 6) is -0.649. The second kappa shape index (κ2) is 13.1. The number of carbonyl (C=O) groups excluding carboxylic acids is 1. The number of rotatable bonds is 7. The summed E-state index contributed by atoms with van der Waals surface area (Å²) in [5, 5.41) is 11.5. The molecule has 1 N–H and O–H groups in total. The van der Waals surface area contributed by atoms with Crippen LogP contribution in [0, 0.1) is 0 Å². The third-order valence-electron chi connectivity index (χ3n) is 9.24. The number of aryl methyl sites for hydroxylation is 1. The van der Waals surface area contributed by atoms with Gasteiger partial charge in [0.2, 0.25) is 0 Å². The Morgan fingerprint density at radius 3 is 1.73 bits per heavy atom. The fraction of sp³-hybridized carbons (Fsp3) is 0.513. The van der Waals surface area contributed by atoms with Crippen molar-refractivity contribution in [2.75, 3.05) is 13.2 Å². The molecule has 2 saturated heterocycles. The minimum absolute atomic E-state index is 0.225. The molecular weight excluding hydrogens is 580 g/mol. The molecule has 2 unspecified atom stereocenters. The molecule has 0 amide bonds. The zero-order valence-electron chi connectivity index (χ0n) is 28.0. The van der Waals surface area contributed by atoms with Gasteiger partial charge in [-0.05, 0) is 51.5 Å². The van der Waals surface area contributed by atoms with Crippen molar-refractivity contribution < 1.29 is 24.1 Å². The summed E-state index contributed by atoms with van der Waals surface area (Å²) >= 11 is 1.97. The molecule has 0 aromatic heterocycles. The van der Waals surface area contributed by atoms with Crippen LogP contribution in [0.3, 0.4) is 0 Å². The van der Waals surface area contributed by atoms with Crippen LogP contribution < -0.4 is 0 Å². The molecule has 5 nitrogen and oxygen atoms in total. The first kappa shape index (κ1) is 33.6. The lowest BCUT2D eigenvalue weighted by Gasteiger charge is -2.50. The molecule has 2 aliphatic rings. The van der Waals surface area contributed by atoms with Crippen molar-refractivity contribution >= 4 is 17.7 Å². The van der Waals surface area contributed by atoms with Crippen molar-refractivity contribution in [3.8, 4) is 5.75 Å². The lowest BCUT2D eigenvalue weighted by atomic mass is 9.78. The maximum Gasteiger partial charge on any atom is 0.306 e. The summed E-state index contributed by atoms with van der Waals surface area (Å²) < 4.78 is 19.5. The lowest BCUT2D eigenvalue weighted by molar-refractivity contribution is -0.326. The van der Waals surface area contributed by atoms with E-state index in [1.807, 2.05) is 43.0 Å². The normalized spacial score (nSPS) is 25.7. The highest BCUT2D eigenvalue weighted by molar-refractivity contribution is 7.99. The topological polar surface area (TPSA) is 65.0 Å². The fourth-order valence-electron chi connectivity index (χ4n) is 6.37. The molecule has 2 aliphatic heterocycles. The van der Waals surface area contributed by atoms with Gasteiger partial charge < -0.3 is 19.3 Å². The molecule has 1 spiro atoms. The number of aromatic hydroxyl groups is 1. The van der Waals surface area contributed by atoms with Gasteiger partial charge in [-0.15, -0.1) is 11.8 Å². The predicted molar refractivity (Wildman–Crippen MR) is 183 cm³/mol. The van der Waals surface area contributed by atoms with Crippen molar-refractivity contribution in [2.24, 2.45) is 0 Å². The molecular formula is C39H50O5S. The van der Waals surface area contributed by atoms with Gasteiger partial charge in [-0.3, -0.25) is 4.79 Å². The van der Waals surface area contributed by atoms with Crippen LogP contribution in [0.1, 0.15) is 112 Å². The number of hydrogen-bond donors (Lipinski definition) is 1. The molecule has 45 heavy (non-hydrogen) atoms. The standard InChI is InChI=1S/C39H50O5S/c1-8-38(44-34(40)20-19-27-21-30(36(2,3)4)35(41)31(22-27)37(5,6)7)25-42-39(43-26-38)23-32(28-15-11-9-12-16-28)45-33(24-39)29-17-13-10-14-18-29/h9-18,21-22,32-33,41H,8,19-20,23-26H2,1-7H3. The average molecular weight is 631 g/mol. The van der Waals surface area contributed by atoms with Crippen LogP contribution in [0.15, 0.2) is 72.8 Å². The zero-order valence-corrected chi connectivity index (χ0v) is 28.8. The Morgan fingerprint density at radius 1 is 0.844 bits per heavy atom. The van der Waals surface area contributed by atoms with E-state index in [0.717, 1.165) is 29.5 Å². The quantitative estimate of drug-likeness (QED) is 0.263. The minimum atomic E-state index is -0.820. The fourth-order valence-corrected chi connectivity index (χ4v) is 8.10. The van der Waals surface area contributed by atoms with Crippen LogP contribution in [-0.2, 0) is 36.3 Å². The lowest BCUT2D eigenvalue weighted by Crippen LogP contribution is -2.56. The second-order valence-electron chi connectivity index (χ2n) is 14.9. The molecule has 0 radical (unpaired) electrons. The first-order valence-electron chi connectivity index (χ1n) is 16.3. The number of hydrogen-bond acceptors (Lipinski definition) is 6. The minimum Gasteiger partial charge on any atom is -0.507 e. The number of phenols is 1. The van der Waals surface area contributed by atoms with Gasteiger partial charge in [0.05, 0.1) is 13.2 Å². The number of esters is 1. The molecule has 2 heterocycles. The summed E-state index contributed by atoms with van der Waals surface area (Å²) in [6, 6.07) is 25.3. The molecule has 242 valence electrons. The van der Waals surface area contributed by atoms with Gasteiger partial charge in [0.25, 0.3) is 0 Å². The summed E-state index contributed by atoms with van der Waals surface area (Å²) in [7, 11) is 0. The Balaban J connectivity index is 1.28. The molecule has 3 aromatic carbocycles. The van der Waals surface area contributed by atoms with Crippen molar-refractivity contribution in [3.05, 3.63) is 101 Å². The largest absolute Gasteiger partial charge is 0.507 e. The van der Waals surface area contributed by atoms with Crippen LogP contribution in [0.4, 0.5) is 0 Å². The van der Waals surface area contributed by atoms with E-state index < -0.39 is 11.4 Å². The highest BCUT2D eigenvalue weighted by Gasteiger charge is 2.51. The van der Waals surface area contributed by atoms with E-state index in [0.29, 0.717) is 31.8 Å². The van der Waals surface area contributed by atoms with E-state index in [1.165, 1.54) is 11.1 Å². The van der Waals surface area contributed by atoms with Gasteiger partial charge in [-0.1, -0.05) is 121 Å². The molecule has 3 aromatic rings. The summed E-state index contributed by atoms with van der Waals surface area (Å²) in [6.45, 7) is 15.2. The monoisotopic (exact) mass is 630 g/mol. The van der Waals surface area contributed by atoms with Crippen LogP contribution >= 0.6 is 11.8 Å². The van der Waals surface area contributed by atoms with E-state index in [1.54, 1.807) is 0 Å².